The second kappa shape index (κ2) is 9.49. The lowest BCUT2D eigenvalue weighted by Crippen LogP contribution is -2.17. The van der Waals surface area contributed by atoms with Crippen molar-refractivity contribution in [1.29, 1.82) is 0 Å². The molecule has 0 aliphatic carbocycles. The monoisotopic (exact) mass is 547 g/mol. The van der Waals surface area contributed by atoms with E-state index in [4.69, 9.17) is 4.74 Å². The highest BCUT2D eigenvalue weighted by molar-refractivity contribution is 9.11. The summed E-state index contributed by atoms with van der Waals surface area (Å²) in [6.07, 6.45) is 1.57. The van der Waals surface area contributed by atoms with Crippen molar-refractivity contribution in [3.63, 3.8) is 0 Å². The number of aromatic nitrogens is 1. The third-order valence-corrected chi connectivity index (χ3v) is 5.87. The lowest BCUT2D eigenvalue weighted by molar-refractivity contribution is 0.0600. The first-order valence-corrected chi connectivity index (χ1v) is 10.7. The highest BCUT2D eigenvalue weighted by atomic mass is 79.9. The van der Waals surface area contributed by atoms with Gasteiger partial charge >= 0.3 is 5.97 Å². The predicted molar refractivity (Wildman–Crippen MR) is 125 cm³/mol. The summed E-state index contributed by atoms with van der Waals surface area (Å²) in [7, 11) is 1.35. The molecule has 0 saturated heterocycles. The van der Waals surface area contributed by atoms with Crippen LogP contribution in [0.15, 0.2) is 56.5 Å². The van der Waals surface area contributed by atoms with Gasteiger partial charge in [-0.05, 0) is 88.2 Å². The molecule has 0 bridgehead atoms. The number of hydrogen-bond donors (Lipinski definition) is 2. The average Bonchev–Trinajstić information content (AvgIpc) is 3.04. The summed E-state index contributed by atoms with van der Waals surface area (Å²) in [5.41, 5.74) is 6.94. The van der Waals surface area contributed by atoms with Crippen molar-refractivity contribution in [2.24, 2.45) is 5.10 Å². The van der Waals surface area contributed by atoms with Gasteiger partial charge in [0.15, 0.2) is 0 Å². The summed E-state index contributed by atoms with van der Waals surface area (Å²) in [6, 6.07) is 12.1. The van der Waals surface area contributed by atoms with Crippen LogP contribution in [0.1, 0.15) is 37.7 Å². The van der Waals surface area contributed by atoms with E-state index in [9.17, 15) is 14.7 Å². The molecule has 160 valence electrons. The molecule has 3 rings (SSSR count). The van der Waals surface area contributed by atoms with Crippen LogP contribution in [-0.4, -0.2) is 34.9 Å². The number of methoxy groups -OCH3 is 1. The number of halogens is 2. The maximum absolute atomic E-state index is 12.3. The molecule has 3 aromatic rings. The highest BCUT2D eigenvalue weighted by Crippen LogP contribution is 2.33. The van der Waals surface area contributed by atoms with Crippen LogP contribution in [0.3, 0.4) is 0 Å². The van der Waals surface area contributed by atoms with Gasteiger partial charge in [0.2, 0.25) is 0 Å². The molecule has 2 N–H and O–H groups in total. The summed E-state index contributed by atoms with van der Waals surface area (Å²) in [6.45, 7) is 3.90. The van der Waals surface area contributed by atoms with Crippen molar-refractivity contribution in [3.8, 4) is 11.4 Å². The Morgan fingerprint density at radius 3 is 2.26 bits per heavy atom. The van der Waals surface area contributed by atoms with Gasteiger partial charge in [-0.25, -0.2) is 10.2 Å². The molecule has 9 heteroatoms. The Labute approximate surface area is 196 Å². The molecular weight excluding hydrogens is 530 g/mol. The summed E-state index contributed by atoms with van der Waals surface area (Å²) < 4.78 is 7.56. The number of ether oxygens (including phenoxy) is 1. The van der Waals surface area contributed by atoms with Gasteiger partial charge in [0.25, 0.3) is 5.91 Å². The van der Waals surface area contributed by atoms with Crippen LogP contribution in [-0.2, 0) is 4.74 Å². The van der Waals surface area contributed by atoms with Gasteiger partial charge in [-0.3, -0.25) is 4.79 Å². The molecule has 0 aliphatic heterocycles. The summed E-state index contributed by atoms with van der Waals surface area (Å²) in [5.74, 6) is -0.777. The van der Waals surface area contributed by atoms with E-state index in [1.165, 1.54) is 19.2 Å². The molecule has 0 saturated carbocycles. The number of amides is 1. The Bertz CT molecular complexity index is 1160. The van der Waals surface area contributed by atoms with Crippen LogP contribution in [0.4, 0.5) is 0 Å². The zero-order valence-corrected chi connectivity index (χ0v) is 20.1. The molecule has 0 spiro atoms. The van der Waals surface area contributed by atoms with Crippen molar-refractivity contribution in [2.75, 3.05) is 7.11 Å². The largest absolute Gasteiger partial charge is 0.506 e. The minimum Gasteiger partial charge on any atom is -0.506 e. The van der Waals surface area contributed by atoms with Gasteiger partial charge in [-0.2, -0.15) is 5.10 Å². The topological polar surface area (TPSA) is 92.9 Å². The third-order valence-electron chi connectivity index (χ3n) is 4.67. The number of rotatable bonds is 5. The fourth-order valence-corrected chi connectivity index (χ4v) is 4.29. The van der Waals surface area contributed by atoms with Gasteiger partial charge in [0, 0.05) is 28.2 Å². The van der Waals surface area contributed by atoms with E-state index in [-0.39, 0.29) is 11.7 Å². The minimum atomic E-state index is -0.412. The van der Waals surface area contributed by atoms with Crippen LogP contribution < -0.4 is 5.43 Å². The minimum absolute atomic E-state index is 0.0205. The predicted octanol–water partition coefficient (Wildman–Crippen LogP) is 4.88. The smallest absolute Gasteiger partial charge is 0.337 e. The van der Waals surface area contributed by atoms with Gasteiger partial charge in [-0.1, -0.05) is 0 Å². The fraction of sp³-hybridized carbons (Fsp3) is 0.136. The van der Waals surface area contributed by atoms with E-state index in [1.807, 2.05) is 36.6 Å². The number of hydrazone groups is 1. The fourth-order valence-electron chi connectivity index (χ4n) is 3.10. The SMILES string of the molecule is COC(=O)c1ccc(-n2c(C)cc(/C=N\NC(=O)c3cc(Br)c(O)c(Br)c3)c2C)cc1. The number of phenolic OH excluding ortho intramolecular Hbond substituents is 1. The molecule has 0 unspecified atom stereocenters. The van der Waals surface area contributed by atoms with Crippen molar-refractivity contribution in [2.45, 2.75) is 13.8 Å². The van der Waals surface area contributed by atoms with E-state index in [1.54, 1.807) is 18.3 Å². The first kappa shape index (κ1) is 22.8. The van der Waals surface area contributed by atoms with Crippen LogP contribution >= 0.6 is 31.9 Å². The zero-order chi connectivity index (χ0) is 22.7. The quantitative estimate of drug-likeness (QED) is 0.270. The van der Waals surface area contributed by atoms with Crippen molar-refractivity contribution >= 4 is 50.0 Å². The highest BCUT2D eigenvalue weighted by Gasteiger charge is 2.13. The second-order valence-corrected chi connectivity index (χ2v) is 8.40. The number of aryl methyl sites for hydroxylation is 1. The molecule has 0 atom stereocenters. The maximum Gasteiger partial charge on any atom is 0.337 e. The van der Waals surface area contributed by atoms with Gasteiger partial charge in [0.05, 0.1) is 27.8 Å². The van der Waals surface area contributed by atoms with E-state index >= 15 is 0 Å². The number of aromatic hydroxyl groups is 1. The Balaban J connectivity index is 1.78. The normalized spacial score (nSPS) is 11.0. The number of esters is 1. The van der Waals surface area contributed by atoms with Gasteiger partial charge < -0.3 is 14.4 Å². The number of carbonyl (C=O) groups is 2. The lowest BCUT2D eigenvalue weighted by atomic mass is 10.2. The van der Waals surface area contributed by atoms with Crippen LogP contribution in [0.5, 0.6) is 5.75 Å². The Morgan fingerprint density at radius 1 is 1.06 bits per heavy atom. The standard InChI is InChI=1S/C22H19Br2N3O4/c1-12-8-16(11-25-26-21(29)15-9-18(23)20(28)19(24)10-15)13(2)27(12)17-6-4-14(5-7-17)22(30)31-3/h4-11,28H,1-3H3,(H,26,29)/b25-11-. The molecule has 2 aromatic carbocycles. The van der Waals surface area contributed by atoms with Gasteiger partial charge in [0.1, 0.15) is 5.75 Å². The number of benzene rings is 2. The first-order chi connectivity index (χ1) is 14.7. The third kappa shape index (κ3) is 4.88. The lowest BCUT2D eigenvalue weighted by Gasteiger charge is -2.10. The number of nitrogens with one attached hydrogen (secondary N) is 1. The molecule has 1 amide bonds. The maximum atomic E-state index is 12.3. The van der Waals surface area contributed by atoms with E-state index in [0.29, 0.717) is 20.1 Å². The first-order valence-electron chi connectivity index (χ1n) is 9.12. The Morgan fingerprint density at radius 2 is 1.68 bits per heavy atom. The molecule has 0 fully saturated rings. The van der Waals surface area contributed by atoms with E-state index in [0.717, 1.165) is 22.6 Å². The Kier molecular flexibility index (Phi) is 6.97. The Hall–Kier alpha value is -2.91. The molecule has 0 radical (unpaired) electrons. The second-order valence-electron chi connectivity index (χ2n) is 6.69. The van der Waals surface area contributed by atoms with E-state index in [2.05, 4.69) is 42.4 Å². The van der Waals surface area contributed by atoms with E-state index < -0.39 is 5.91 Å². The summed E-state index contributed by atoms with van der Waals surface area (Å²) >= 11 is 6.40. The molecule has 7 nitrogen and oxygen atoms in total. The molecule has 0 aliphatic rings. The van der Waals surface area contributed by atoms with Gasteiger partial charge in [-0.15, -0.1) is 0 Å². The molecule has 1 aromatic heterocycles. The zero-order valence-electron chi connectivity index (χ0n) is 16.9. The average molecular weight is 549 g/mol. The van der Waals surface area contributed by atoms with Crippen molar-refractivity contribution in [1.82, 2.24) is 9.99 Å². The number of nitrogens with zero attached hydrogens (tertiary/aromatic N) is 2. The van der Waals surface area contributed by atoms with Crippen LogP contribution in [0.25, 0.3) is 5.69 Å². The number of hydrogen-bond acceptors (Lipinski definition) is 5. The summed E-state index contributed by atoms with van der Waals surface area (Å²) in [4.78, 5) is 24.0. The van der Waals surface area contributed by atoms with Crippen molar-refractivity contribution < 1.29 is 19.4 Å². The number of phenols is 1. The molecule has 1 heterocycles. The summed E-state index contributed by atoms with van der Waals surface area (Å²) in [5, 5.41) is 13.8. The molecule has 31 heavy (non-hydrogen) atoms. The van der Waals surface area contributed by atoms with Crippen LogP contribution in [0.2, 0.25) is 0 Å². The van der Waals surface area contributed by atoms with Crippen LogP contribution in [0, 0.1) is 13.8 Å². The number of carbonyl (C=O) groups excluding carboxylic acids is 2. The van der Waals surface area contributed by atoms with Crippen molar-refractivity contribution in [3.05, 3.63) is 79.5 Å². The molecular formula is C22H19Br2N3O4.